The van der Waals surface area contributed by atoms with E-state index in [-0.39, 0.29) is 11.9 Å². The number of fused-ring (bicyclic) bond motifs is 1. The first kappa shape index (κ1) is 18.7. The van der Waals surface area contributed by atoms with Crippen LogP contribution in [-0.2, 0) is 21.2 Å². The van der Waals surface area contributed by atoms with E-state index in [1.54, 1.807) is 30.3 Å². The summed E-state index contributed by atoms with van der Waals surface area (Å²) >= 11 is 0. The molecule has 2 heterocycles. The molecule has 1 aliphatic heterocycles. The van der Waals surface area contributed by atoms with Crippen molar-refractivity contribution in [2.24, 2.45) is 0 Å². The van der Waals surface area contributed by atoms with Crippen molar-refractivity contribution in [3.63, 3.8) is 0 Å². The molecule has 0 bridgehead atoms. The standard InChI is InChI=1S/C21H23N3O3S/c25-21(14-16-15-22-20-9-5-4-8-19(16)20)23-17-10-12-24(13-11-17)28(26,27)18-6-2-1-3-7-18/h1-9,15,17,22H,10-14H2,(H,23,25). The van der Waals surface area contributed by atoms with E-state index in [4.69, 9.17) is 0 Å². The summed E-state index contributed by atoms with van der Waals surface area (Å²) in [6.45, 7) is 0.824. The maximum Gasteiger partial charge on any atom is 0.243 e. The highest BCUT2D eigenvalue weighted by molar-refractivity contribution is 7.89. The van der Waals surface area contributed by atoms with E-state index in [0.717, 1.165) is 16.5 Å². The van der Waals surface area contributed by atoms with E-state index in [1.807, 2.05) is 30.5 Å². The SMILES string of the molecule is O=C(Cc1c[nH]c2ccccc12)NC1CCN(S(=O)(=O)c2ccccc2)CC1. The molecule has 7 heteroatoms. The molecule has 1 aromatic heterocycles. The van der Waals surface area contributed by atoms with Crippen molar-refractivity contribution >= 4 is 26.8 Å². The summed E-state index contributed by atoms with van der Waals surface area (Å²) in [6.07, 6.45) is 3.42. The number of amides is 1. The summed E-state index contributed by atoms with van der Waals surface area (Å²) < 4.78 is 26.9. The van der Waals surface area contributed by atoms with Gasteiger partial charge in [-0.25, -0.2) is 8.42 Å². The first-order valence-electron chi connectivity index (χ1n) is 9.43. The van der Waals surface area contributed by atoms with Gasteiger partial charge in [-0.05, 0) is 36.6 Å². The zero-order valence-electron chi connectivity index (χ0n) is 15.5. The molecule has 1 saturated heterocycles. The summed E-state index contributed by atoms with van der Waals surface area (Å²) in [5.74, 6) is -0.0332. The van der Waals surface area contributed by atoms with E-state index >= 15 is 0 Å². The summed E-state index contributed by atoms with van der Waals surface area (Å²) in [5.41, 5.74) is 1.99. The van der Waals surface area contributed by atoms with Gasteiger partial charge >= 0.3 is 0 Å². The molecule has 0 saturated carbocycles. The van der Waals surface area contributed by atoms with Crippen LogP contribution in [-0.4, -0.2) is 42.7 Å². The summed E-state index contributed by atoms with van der Waals surface area (Å²) in [7, 11) is -3.46. The molecule has 1 fully saturated rings. The van der Waals surface area contributed by atoms with Gasteiger partial charge in [0.25, 0.3) is 0 Å². The van der Waals surface area contributed by atoms with Crippen LogP contribution in [0.2, 0.25) is 0 Å². The fourth-order valence-corrected chi connectivity index (χ4v) is 5.20. The highest BCUT2D eigenvalue weighted by Crippen LogP contribution is 2.21. The number of carbonyl (C=O) groups excluding carboxylic acids is 1. The molecular weight excluding hydrogens is 374 g/mol. The maximum absolute atomic E-state index is 12.7. The van der Waals surface area contributed by atoms with Crippen LogP contribution in [0, 0.1) is 0 Å². The van der Waals surface area contributed by atoms with Crippen LogP contribution >= 0.6 is 0 Å². The molecule has 28 heavy (non-hydrogen) atoms. The number of hydrogen-bond donors (Lipinski definition) is 2. The van der Waals surface area contributed by atoms with Crippen molar-refractivity contribution in [3.05, 3.63) is 66.4 Å². The Balaban J connectivity index is 1.34. The number of H-pyrrole nitrogens is 1. The minimum absolute atomic E-state index is 0.0000654. The monoisotopic (exact) mass is 397 g/mol. The number of nitrogens with zero attached hydrogens (tertiary/aromatic N) is 1. The molecule has 2 N–H and O–H groups in total. The molecule has 4 rings (SSSR count). The van der Waals surface area contributed by atoms with E-state index in [2.05, 4.69) is 10.3 Å². The number of aromatic amines is 1. The third-order valence-corrected chi connectivity index (χ3v) is 7.14. The second kappa shape index (κ2) is 7.77. The smallest absolute Gasteiger partial charge is 0.243 e. The van der Waals surface area contributed by atoms with E-state index in [9.17, 15) is 13.2 Å². The van der Waals surface area contributed by atoms with Gasteiger partial charge in [-0.2, -0.15) is 4.31 Å². The fourth-order valence-electron chi connectivity index (χ4n) is 3.71. The third-order valence-electron chi connectivity index (χ3n) is 5.23. The molecular formula is C21H23N3O3S. The lowest BCUT2D eigenvalue weighted by Crippen LogP contribution is -2.46. The number of para-hydroxylation sites is 1. The van der Waals surface area contributed by atoms with Crippen LogP contribution in [0.3, 0.4) is 0 Å². The fraction of sp³-hybridized carbons (Fsp3) is 0.286. The predicted octanol–water partition coefficient (Wildman–Crippen LogP) is 2.68. The van der Waals surface area contributed by atoms with Gasteiger partial charge in [-0.3, -0.25) is 4.79 Å². The van der Waals surface area contributed by atoms with Gasteiger partial charge in [0.15, 0.2) is 0 Å². The van der Waals surface area contributed by atoms with Crippen LogP contribution in [0.1, 0.15) is 18.4 Å². The number of sulfonamides is 1. The summed E-state index contributed by atoms with van der Waals surface area (Å²) in [4.78, 5) is 16.0. The topological polar surface area (TPSA) is 82.3 Å². The Morgan fingerprint density at radius 1 is 1.04 bits per heavy atom. The zero-order chi connectivity index (χ0) is 19.6. The van der Waals surface area contributed by atoms with Crippen LogP contribution in [0.4, 0.5) is 0 Å². The maximum atomic E-state index is 12.7. The van der Waals surface area contributed by atoms with Gasteiger partial charge in [0.1, 0.15) is 0 Å². The third kappa shape index (κ3) is 3.81. The number of carbonyl (C=O) groups is 1. The van der Waals surface area contributed by atoms with E-state index in [1.165, 1.54) is 4.31 Å². The zero-order valence-corrected chi connectivity index (χ0v) is 16.3. The van der Waals surface area contributed by atoms with Crippen LogP contribution in [0.5, 0.6) is 0 Å². The number of benzene rings is 2. The molecule has 0 atom stereocenters. The van der Waals surface area contributed by atoms with Crippen molar-refractivity contribution in [1.29, 1.82) is 0 Å². The summed E-state index contributed by atoms with van der Waals surface area (Å²) in [6, 6.07) is 16.4. The molecule has 0 unspecified atom stereocenters. The Kier molecular flexibility index (Phi) is 5.19. The van der Waals surface area contributed by atoms with Crippen molar-refractivity contribution in [1.82, 2.24) is 14.6 Å². The van der Waals surface area contributed by atoms with Crippen molar-refractivity contribution < 1.29 is 13.2 Å². The lowest BCUT2D eigenvalue weighted by molar-refractivity contribution is -0.121. The largest absolute Gasteiger partial charge is 0.361 e. The van der Waals surface area contributed by atoms with Gasteiger partial charge in [-0.1, -0.05) is 36.4 Å². The van der Waals surface area contributed by atoms with Crippen molar-refractivity contribution in [3.8, 4) is 0 Å². The number of hydrogen-bond acceptors (Lipinski definition) is 3. The van der Waals surface area contributed by atoms with Gasteiger partial charge in [-0.15, -0.1) is 0 Å². The first-order valence-corrected chi connectivity index (χ1v) is 10.9. The average molecular weight is 398 g/mol. The minimum Gasteiger partial charge on any atom is -0.361 e. The molecule has 2 aromatic carbocycles. The molecule has 0 spiro atoms. The Bertz CT molecular complexity index is 1070. The van der Waals surface area contributed by atoms with E-state index in [0.29, 0.717) is 37.2 Å². The van der Waals surface area contributed by atoms with Gasteiger partial charge < -0.3 is 10.3 Å². The Labute approximate surface area is 164 Å². The molecule has 6 nitrogen and oxygen atoms in total. The number of nitrogens with one attached hydrogen (secondary N) is 2. The van der Waals surface area contributed by atoms with Gasteiger partial charge in [0, 0.05) is 36.2 Å². The average Bonchev–Trinajstić information content (AvgIpc) is 3.12. The van der Waals surface area contributed by atoms with E-state index < -0.39 is 10.0 Å². The van der Waals surface area contributed by atoms with Crippen molar-refractivity contribution in [2.75, 3.05) is 13.1 Å². The molecule has 1 aliphatic rings. The molecule has 0 aliphatic carbocycles. The predicted molar refractivity (Wildman–Crippen MR) is 108 cm³/mol. The molecule has 3 aromatic rings. The molecule has 0 radical (unpaired) electrons. The molecule has 146 valence electrons. The second-order valence-electron chi connectivity index (χ2n) is 7.10. The van der Waals surface area contributed by atoms with Crippen LogP contribution in [0.15, 0.2) is 65.7 Å². The highest BCUT2D eigenvalue weighted by atomic mass is 32.2. The highest BCUT2D eigenvalue weighted by Gasteiger charge is 2.29. The van der Waals surface area contributed by atoms with Crippen LogP contribution in [0.25, 0.3) is 10.9 Å². The van der Waals surface area contributed by atoms with Crippen LogP contribution < -0.4 is 5.32 Å². The first-order chi connectivity index (χ1) is 13.5. The Morgan fingerprint density at radius 3 is 2.46 bits per heavy atom. The number of aromatic nitrogens is 1. The lowest BCUT2D eigenvalue weighted by Gasteiger charge is -2.31. The molecule has 1 amide bonds. The quantitative estimate of drug-likeness (QED) is 0.694. The minimum atomic E-state index is -3.46. The normalized spacial score (nSPS) is 16.3. The second-order valence-corrected chi connectivity index (χ2v) is 9.03. The Morgan fingerprint density at radius 2 is 1.71 bits per heavy atom. The summed E-state index contributed by atoms with van der Waals surface area (Å²) in [5, 5.41) is 4.12. The number of rotatable bonds is 5. The lowest BCUT2D eigenvalue weighted by atomic mass is 10.1. The van der Waals surface area contributed by atoms with Gasteiger partial charge in [0.05, 0.1) is 11.3 Å². The van der Waals surface area contributed by atoms with Crippen molar-refractivity contribution in [2.45, 2.75) is 30.2 Å². The van der Waals surface area contributed by atoms with Gasteiger partial charge in [0.2, 0.25) is 15.9 Å². The number of piperidine rings is 1. The Hall–Kier alpha value is -2.64.